The lowest BCUT2D eigenvalue weighted by atomic mass is 10.2. The van der Waals surface area contributed by atoms with Gasteiger partial charge in [0, 0.05) is 50.7 Å². The van der Waals surface area contributed by atoms with Gasteiger partial charge in [-0.2, -0.15) is 0 Å². The minimum Gasteiger partial charge on any atom is -0.481 e. The van der Waals surface area contributed by atoms with Crippen LogP contribution >= 0.6 is 0 Å². The zero-order valence-electron chi connectivity index (χ0n) is 14.8. The fraction of sp³-hybridized carbons (Fsp3) is 0.368. The summed E-state index contributed by atoms with van der Waals surface area (Å²) in [5.41, 5.74) is 2.38. The van der Waals surface area contributed by atoms with E-state index in [0.29, 0.717) is 18.5 Å². The quantitative estimate of drug-likeness (QED) is 0.645. The summed E-state index contributed by atoms with van der Waals surface area (Å²) in [6, 6.07) is 14.8. The van der Waals surface area contributed by atoms with Crippen LogP contribution in [0.3, 0.4) is 0 Å². The molecule has 1 aliphatic heterocycles. The van der Waals surface area contributed by atoms with Gasteiger partial charge in [-0.15, -0.1) is 0 Å². The first-order valence-electron chi connectivity index (χ1n) is 8.54. The fourth-order valence-electron chi connectivity index (χ4n) is 3.00. The van der Waals surface area contributed by atoms with E-state index in [1.165, 1.54) is 5.69 Å². The Bertz CT molecular complexity index is 704. The number of para-hydroxylation sites is 1. The number of rotatable bonds is 5. The minimum atomic E-state index is 0.387. The van der Waals surface area contributed by atoms with Crippen molar-refractivity contribution in [1.29, 1.82) is 0 Å². The zero-order chi connectivity index (χ0) is 17.5. The molecule has 2 N–H and O–H groups in total. The Kier molecular flexibility index (Phi) is 5.72. The molecule has 2 aromatic rings. The summed E-state index contributed by atoms with van der Waals surface area (Å²) in [5, 5.41) is 6.87. The van der Waals surface area contributed by atoms with E-state index in [1.54, 1.807) is 20.4 Å². The predicted molar refractivity (Wildman–Crippen MR) is 101 cm³/mol. The molecule has 25 heavy (non-hydrogen) atoms. The second-order valence-corrected chi connectivity index (χ2v) is 6.04. The van der Waals surface area contributed by atoms with Gasteiger partial charge in [-0.25, -0.2) is 4.98 Å². The Labute approximate surface area is 148 Å². The molecule has 1 unspecified atom stereocenters. The highest BCUT2D eigenvalue weighted by Crippen LogP contribution is 2.19. The standard InChI is InChI=1S/C19H25N5O/c1-20-19(22-13-15-8-10-21-18(12-15)25-2)23-16-9-11-24(14-16)17-6-4-3-5-7-17/h3-8,10,12,16H,9,11,13-14H2,1-2H3,(H2,20,22,23). The largest absolute Gasteiger partial charge is 0.481 e. The third kappa shape index (κ3) is 4.62. The highest BCUT2D eigenvalue weighted by atomic mass is 16.5. The maximum Gasteiger partial charge on any atom is 0.213 e. The second-order valence-electron chi connectivity index (χ2n) is 6.04. The molecule has 3 rings (SSSR count). The van der Waals surface area contributed by atoms with Crippen molar-refractivity contribution in [1.82, 2.24) is 15.6 Å². The van der Waals surface area contributed by atoms with E-state index in [9.17, 15) is 0 Å². The van der Waals surface area contributed by atoms with E-state index in [-0.39, 0.29) is 0 Å². The fourth-order valence-corrected chi connectivity index (χ4v) is 3.00. The number of guanidine groups is 1. The molecule has 132 valence electrons. The van der Waals surface area contributed by atoms with E-state index < -0.39 is 0 Å². The van der Waals surface area contributed by atoms with Crippen molar-refractivity contribution in [2.75, 3.05) is 32.1 Å². The number of nitrogens with one attached hydrogen (secondary N) is 2. The topological polar surface area (TPSA) is 61.8 Å². The molecule has 1 atom stereocenters. The Balaban J connectivity index is 1.51. The van der Waals surface area contributed by atoms with Gasteiger partial charge < -0.3 is 20.3 Å². The Hall–Kier alpha value is -2.76. The van der Waals surface area contributed by atoms with Crippen LogP contribution in [-0.2, 0) is 6.54 Å². The summed E-state index contributed by atoms with van der Waals surface area (Å²) in [6.07, 6.45) is 2.85. The number of hydrogen-bond acceptors (Lipinski definition) is 4. The molecule has 1 fully saturated rings. The molecule has 1 saturated heterocycles. The first-order chi connectivity index (χ1) is 12.3. The highest BCUT2D eigenvalue weighted by Gasteiger charge is 2.23. The SMILES string of the molecule is CN=C(NCc1ccnc(OC)c1)NC1CCN(c2ccccc2)C1. The number of ether oxygens (including phenoxy) is 1. The molecule has 6 heteroatoms. The van der Waals surface area contributed by atoms with Crippen LogP contribution in [0.4, 0.5) is 5.69 Å². The van der Waals surface area contributed by atoms with Crippen molar-refractivity contribution in [2.24, 2.45) is 4.99 Å². The van der Waals surface area contributed by atoms with Crippen LogP contribution in [-0.4, -0.2) is 44.2 Å². The number of aliphatic imine (C=N–C) groups is 1. The summed E-state index contributed by atoms with van der Waals surface area (Å²) < 4.78 is 5.16. The lowest BCUT2D eigenvalue weighted by Gasteiger charge is -2.20. The van der Waals surface area contributed by atoms with Gasteiger partial charge in [0.15, 0.2) is 5.96 Å². The summed E-state index contributed by atoms with van der Waals surface area (Å²) in [6.45, 7) is 2.71. The average molecular weight is 339 g/mol. The number of aromatic nitrogens is 1. The molecule has 2 heterocycles. The normalized spacial score (nSPS) is 17.4. The Morgan fingerprint density at radius 2 is 2.16 bits per heavy atom. The molecule has 0 amide bonds. The molecule has 1 aromatic heterocycles. The molecule has 0 aliphatic carbocycles. The van der Waals surface area contributed by atoms with Crippen molar-refractivity contribution in [3.8, 4) is 5.88 Å². The van der Waals surface area contributed by atoms with Gasteiger partial charge in [0.1, 0.15) is 0 Å². The van der Waals surface area contributed by atoms with Crippen molar-refractivity contribution in [3.05, 3.63) is 54.2 Å². The molecule has 1 aromatic carbocycles. The van der Waals surface area contributed by atoms with Crippen LogP contribution in [0.2, 0.25) is 0 Å². The van der Waals surface area contributed by atoms with Gasteiger partial charge in [0.25, 0.3) is 0 Å². The number of benzene rings is 1. The van der Waals surface area contributed by atoms with Crippen LogP contribution in [0.5, 0.6) is 5.88 Å². The van der Waals surface area contributed by atoms with Gasteiger partial charge >= 0.3 is 0 Å². The number of anilines is 1. The zero-order valence-corrected chi connectivity index (χ0v) is 14.8. The van der Waals surface area contributed by atoms with Crippen LogP contribution in [0.25, 0.3) is 0 Å². The van der Waals surface area contributed by atoms with E-state index in [4.69, 9.17) is 4.74 Å². The van der Waals surface area contributed by atoms with Gasteiger partial charge in [-0.05, 0) is 30.2 Å². The van der Waals surface area contributed by atoms with Crippen LogP contribution < -0.4 is 20.3 Å². The summed E-state index contributed by atoms with van der Waals surface area (Å²) in [5.74, 6) is 1.44. The van der Waals surface area contributed by atoms with Crippen LogP contribution in [0, 0.1) is 0 Å². The predicted octanol–water partition coefficient (Wildman–Crippen LogP) is 2.03. The van der Waals surface area contributed by atoms with Crippen LogP contribution in [0.1, 0.15) is 12.0 Å². The molecular weight excluding hydrogens is 314 g/mol. The molecule has 0 spiro atoms. The smallest absolute Gasteiger partial charge is 0.213 e. The maximum atomic E-state index is 5.16. The third-order valence-corrected chi connectivity index (χ3v) is 4.34. The van der Waals surface area contributed by atoms with E-state index in [2.05, 4.69) is 55.8 Å². The van der Waals surface area contributed by atoms with E-state index >= 15 is 0 Å². The third-order valence-electron chi connectivity index (χ3n) is 4.34. The summed E-state index contributed by atoms with van der Waals surface area (Å²) in [7, 11) is 3.42. The maximum absolute atomic E-state index is 5.16. The minimum absolute atomic E-state index is 0.387. The number of nitrogens with zero attached hydrogens (tertiary/aromatic N) is 3. The van der Waals surface area contributed by atoms with Crippen LogP contribution in [0.15, 0.2) is 53.7 Å². The molecule has 0 bridgehead atoms. The van der Waals surface area contributed by atoms with Crippen molar-refractivity contribution in [2.45, 2.75) is 19.0 Å². The molecule has 1 aliphatic rings. The monoisotopic (exact) mass is 339 g/mol. The molecule has 0 radical (unpaired) electrons. The van der Waals surface area contributed by atoms with Gasteiger partial charge in [-0.1, -0.05) is 18.2 Å². The number of methoxy groups -OCH3 is 1. The Morgan fingerprint density at radius 3 is 2.92 bits per heavy atom. The van der Waals surface area contributed by atoms with E-state index in [1.807, 2.05) is 12.1 Å². The number of hydrogen-bond donors (Lipinski definition) is 2. The van der Waals surface area contributed by atoms with Gasteiger partial charge in [0.2, 0.25) is 5.88 Å². The van der Waals surface area contributed by atoms with Crippen molar-refractivity contribution >= 4 is 11.6 Å². The highest BCUT2D eigenvalue weighted by molar-refractivity contribution is 5.80. The molecule has 0 saturated carbocycles. The van der Waals surface area contributed by atoms with Gasteiger partial charge in [0.05, 0.1) is 7.11 Å². The lowest BCUT2D eigenvalue weighted by molar-refractivity contribution is 0.397. The lowest BCUT2D eigenvalue weighted by Crippen LogP contribution is -2.44. The first kappa shape index (κ1) is 17.1. The first-order valence-corrected chi connectivity index (χ1v) is 8.54. The second kappa shape index (κ2) is 8.37. The number of pyridine rings is 1. The molecule has 6 nitrogen and oxygen atoms in total. The van der Waals surface area contributed by atoms with Gasteiger partial charge in [-0.3, -0.25) is 4.99 Å². The van der Waals surface area contributed by atoms with Crippen molar-refractivity contribution < 1.29 is 4.74 Å². The van der Waals surface area contributed by atoms with E-state index in [0.717, 1.165) is 31.0 Å². The Morgan fingerprint density at radius 1 is 1.32 bits per heavy atom. The summed E-state index contributed by atoms with van der Waals surface area (Å²) in [4.78, 5) is 10.9. The summed E-state index contributed by atoms with van der Waals surface area (Å²) >= 11 is 0. The van der Waals surface area contributed by atoms with Crippen molar-refractivity contribution in [3.63, 3.8) is 0 Å². The average Bonchev–Trinajstić information content (AvgIpc) is 3.14. The molecular formula is C19H25N5O.